The molecule has 0 aliphatic heterocycles. The summed E-state index contributed by atoms with van der Waals surface area (Å²) < 4.78 is 20.1. The van der Waals surface area contributed by atoms with Gasteiger partial charge in [-0.1, -0.05) is 37.0 Å². The molecule has 2 atom stereocenters. The van der Waals surface area contributed by atoms with Crippen molar-refractivity contribution >= 4 is 44.9 Å². The first-order valence-corrected chi connectivity index (χ1v) is 10.0. The number of ketones is 1. The third-order valence-electron chi connectivity index (χ3n) is 4.10. The molecule has 4 nitrogen and oxygen atoms in total. The van der Waals surface area contributed by atoms with Crippen LogP contribution in [-0.2, 0) is 4.79 Å². The molecule has 0 radical (unpaired) electrons. The van der Waals surface area contributed by atoms with Gasteiger partial charge in [-0.25, -0.2) is 9.37 Å². The van der Waals surface area contributed by atoms with Crippen LogP contribution in [0.4, 0.5) is 4.39 Å². The zero-order valence-corrected chi connectivity index (χ0v) is 18.5. The highest BCUT2D eigenvalue weighted by atomic mass is 79.9. The predicted octanol–water partition coefficient (Wildman–Crippen LogP) is 6.34. The van der Waals surface area contributed by atoms with Crippen LogP contribution in [-0.4, -0.2) is 21.9 Å². The molecule has 0 spiro atoms. The van der Waals surface area contributed by atoms with Crippen molar-refractivity contribution in [2.75, 3.05) is 0 Å². The molecule has 27 heavy (non-hydrogen) atoms. The van der Waals surface area contributed by atoms with E-state index in [0.29, 0.717) is 11.3 Å². The summed E-state index contributed by atoms with van der Waals surface area (Å²) in [6.07, 6.45) is 3.04. The van der Waals surface area contributed by atoms with E-state index in [0.717, 1.165) is 0 Å². The van der Waals surface area contributed by atoms with Gasteiger partial charge in [0.15, 0.2) is 11.0 Å². The number of carbonyl (C=O) groups is 1. The normalized spacial score (nSPS) is 13.5. The molecule has 0 bridgehead atoms. The minimum absolute atomic E-state index is 0.0626. The van der Waals surface area contributed by atoms with Crippen molar-refractivity contribution in [3.63, 3.8) is 0 Å². The second kappa shape index (κ2) is 9.30. The highest BCUT2D eigenvalue weighted by Crippen LogP contribution is 2.41. The molecule has 0 fully saturated rings. The summed E-state index contributed by atoms with van der Waals surface area (Å²) in [6.45, 7) is 7.26. The Balaban J connectivity index is 2.32. The molecule has 0 aliphatic rings. The summed E-state index contributed by atoms with van der Waals surface area (Å²) in [7, 11) is 0. The van der Waals surface area contributed by atoms with E-state index in [1.165, 1.54) is 18.5 Å². The van der Waals surface area contributed by atoms with Crippen molar-refractivity contribution in [2.45, 2.75) is 52.1 Å². The van der Waals surface area contributed by atoms with Gasteiger partial charge < -0.3 is 4.74 Å². The Morgan fingerprint density at radius 3 is 2.44 bits per heavy atom. The van der Waals surface area contributed by atoms with E-state index in [1.807, 2.05) is 20.8 Å². The van der Waals surface area contributed by atoms with Gasteiger partial charge in [-0.15, -0.1) is 0 Å². The fourth-order valence-electron chi connectivity index (χ4n) is 2.68. The maximum absolute atomic E-state index is 14.2. The smallest absolute Gasteiger partial charge is 0.159 e. The SMILES string of the molecule is CC(C)Oc1c(C(C)C(=O)CC(C)c2nccnc2Cl)cc(Cl)c(F)c1Br. The van der Waals surface area contributed by atoms with Gasteiger partial charge in [0.2, 0.25) is 0 Å². The molecule has 0 saturated carbocycles. The first-order valence-electron chi connectivity index (χ1n) is 8.46. The van der Waals surface area contributed by atoms with Crippen molar-refractivity contribution < 1.29 is 13.9 Å². The number of Topliss-reactive ketones (excluding diaryl/α,β-unsaturated/α-hetero) is 1. The summed E-state index contributed by atoms with van der Waals surface area (Å²) in [6, 6.07) is 1.45. The monoisotopic (exact) mass is 476 g/mol. The molecule has 1 heterocycles. The summed E-state index contributed by atoms with van der Waals surface area (Å²) in [5, 5.41) is 0.208. The minimum Gasteiger partial charge on any atom is -0.489 e. The van der Waals surface area contributed by atoms with E-state index in [4.69, 9.17) is 27.9 Å². The number of aromatic nitrogens is 2. The molecule has 146 valence electrons. The molecular weight excluding hydrogens is 458 g/mol. The average molecular weight is 478 g/mol. The highest BCUT2D eigenvalue weighted by molar-refractivity contribution is 9.10. The number of nitrogens with zero attached hydrogens (tertiary/aromatic N) is 2. The standard InChI is InChI=1S/C19H20BrCl2FN2O2/c1-9(2)27-18-12(8-13(21)16(23)15(18)20)11(4)14(26)7-10(3)17-19(22)25-6-5-24-17/h5-6,8-11H,7H2,1-4H3. The van der Waals surface area contributed by atoms with Crippen LogP contribution in [0.2, 0.25) is 10.2 Å². The van der Waals surface area contributed by atoms with E-state index in [1.54, 1.807) is 6.92 Å². The first kappa shape index (κ1) is 22.1. The number of rotatable bonds is 7. The number of hydrogen-bond donors (Lipinski definition) is 0. The first-order chi connectivity index (χ1) is 12.6. The van der Waals surface area contributed by atoms with Crippen molar-refractivity contribution in [1.82, 2.24) is 9.97 Å². The van der Waals surface area contributed by atoms with Crippen LogP contribution in [0.25, 0.3) is 0 Å². The number of carbonyl (C=O) groups excluding carboxylic acids is 1. The molecule has 2 aromatic rings. The van der Waals surface area contributed by atoms with Gasteiger partial charge in [0.25, 0.3) is 0 Å². The van der Waals surface area contributed by atoms with E-state index in [-0.39, 0.29) is 44.6 Å². The second-order valence-electron chi connectivity index (χ2n) is 6.60. The molecule has 2 unspecified atom stereocenters. The Hall–Kier alpha value is -1.24. The maximum atomic E-state index is 14.2. The number of hydrogen-bond acceptors (Lipinski definition) is 4. The average Bonchev–Trinajstić information content (AvgIpc) is 2.61. The Bertz CT molecular complexity index is 849. The van der Waals surface area contributed by atoms with E-state index in [2.05, 4.69) is 25.9 Å². The van der Waals surface area contributed by atoms with Crippen molar-refractivity contribution in [2.24, 2.45) is 0 Å². The molecule has 0 aliphatic carbocycles. The summed E-state index contributed by atoms with van der Waals surface area (Å²) >= 11 is 15.3. The zero-order chi connectivity index (χ0) is 20.3. The van der Waals surface area contributed by atoms with Gasteiger partial charge in [-0.05, 0) is 35.8 Å². The number of ether oxygens (including phenoxy) is 1. The molecule has 1 aromatic carbocycles. The summed E-state index contributed by atoms with van der Waals surface area (Å²) in [5.41, 5.74) is 1.10. The molecule has 8 heteroatoms. The highest BCUT2D eigenvalue weighted by Gasteiger charge is 2.27. The molecular formula is C19H20BrCl2FN2O2. The fraction of sp³-hybridized carbons (Fsp3) is 0.421. The van der Waals surface area contributed by atoms with E-state index < -0.39 is 11.7 Å². The lowest BCUT2D eigenvalue weighted by atomic mass is 9.89. The number of halogens is 4. The van der Waals surface area contributed by atoms with Crippen molar-refractivity contribution in [1.29, 1.82) is 0 Å². The van der Waals surface area contributed by atoms with Crippen LogP contribution in [0.15, 0.2) is 22.9 Å². The van der Waals surface area contributed by atoms with Crippen LogP contribution in [0.1, 0.15) is 57.2 Å². The van der Waals surface area contributed by atoms with Crippen molar-refractivity contribution in [3.8, 4) is 5.75 Å². The van der Waals surface area contributed by atoms with E-state index in [9.17, 15) is 9.18 Å². The van der Waals surface area contributed by atoms with Crippen LogP contribution >= 0.6 is 39.1 Å². The predicted molar refractivity (Wildman–Crippen MR) is 108 cm³/mol. The van der Waals surface area contributed by atoms with Gasteiger partial charge in [0, 0.05) is 36.2 Å². The third kappa shape index (κ3) is 5.18. The Morgan fingerprint density at radius 2 is 1.85 bits per heavy atom. The van der Waals surface area contributed by atoms with Crippen LogP contribution in [0.3, 0.4) is 0 Å². The lowest BCUT2D eigenvalue weighted by molar-refractivity contribution is -0.120. The third-order valence-corrected chi connectivity index (χ3v) is 5.38. The summed E-state index contributed by atoms with van der Waals surface area (Å²) in [5.74, 6) is -1.15. The van der Waals surface area contributed by atoms with Gasteiger partial charge in [-0.3, -0.25) is 9.78 Å². The largest absolute Gasteiger partial charge is 0.489 e. The minimum atomic E-state index is -0.615. The maximum Gasteiger partial charge on any atom is 0.159 e. The molecule has 0 amide bonds. The van der Waals surface area contributed by atoms with Crippen LogP contribution in [0.5, 0.6) is 5.75 Å². The fourth-order valence-corrected chi connectivity index (χ4v) is 3.84. The van der Waals surface area contributed by atoms with Crippen LogP contribution < -0.4 is 4.74 Å². The zero-order valence-electron chi connectivity index (χ0n) is 15.4. The van der Waals surface area contributed by atoms with Gasteiger partial charge in [-0.2, -0.15) is 0 Å². The Labute approximate surface area is 176 Å². The Morgan fingerprint density at radius 1 is 1.22 bits per heavy atom. The lowest BCUT2D eigenvalue weighted by Gasteiger charge is -2.21. The Kier molecular flexibility index (Phi) is 7.60. The molecule has 2 rings (SSSR count). The van der Waals surface area contributed by atoms with Gasteiger partial charge in [0.1, 0.15) is 11.5 Å². The molecule has 0 saturated heterocycles. The van der Waals surface area contributed by atoms with Crippen molar-refractivity contribution in [3.05, 3.63) is 50.2 Å². The van der Waals surface area contributed by atoms with Gasteiger partial charge >= 0.3 is 0 Å². The van der Waals surface area contributed by atoms with E-state index >= 15 is 0 Å². The quantitative estimate of drug-likeness (QED) is 0.436. The van der Waals surface area contributed by atoms with Crippen LogP contribution in [0, 0.1) is 5.82 Å². The van der Waals surface area contributed by atoms with Gasteiger partial charge in [0.05, 0.1) is 21.3 Å². The lowest BCUT2D eigenvalue weighted by Crippen LogP contribution is -2.16. The topological polar surface area (TPSA) is 52.1 Å². The second-order valence-corrected chi connectivity index (χ2v) is 8.16. The molecule has 0 N–H and O–H groups in total. The number of benzene rings is 1. The summed E-state index contributed by atoms with van der Waals surface area (Å²) in [4.78, 5) is 21.1. The molecule has 1 aromatic heterocycles.